The molecule has 0 rings (SSSR count). The van der Waals surface area contributed by atoms with Crippen molar-refractivity contribution in [2.75, 3.05) is 39.6 Å². The summed E-state index contributed by atoms with van der Waals surface area (Å²) in [6.45, 7) is 14.0. The molecule has 0 saturated heterocycles. The molecule has 0 saturated carbocycles. The highest BCUT2D eigenvalue weighted by molar-refractivity contribution is 7.47. The first-order valence-corrected chi connectivity index (χ1v) is 38.2. The fourth-order valence-corrected chi connectivity index (χ4v) is 11.7. The highest BCUT2D eigenvalue weighted by Gasteiger charge is 2.30. The molecule has 0 spiro atoms. The maximum absolute atomic E-state index is 13.0. The molecule has 0 amide bonds. The molecular formula is C68H132O17P2. The number of esters is 4. The van der Waals surface area contributed by atoms with E-state index in [1.165, 1.54) is 128 Å². The van der Waals surface area contributed by atoms with Gasteiger partial charge in [0.25, 0.3) is 0 Å². The Morgan fingerprint density at radius 2 is 0.552 bits per heavy atom. The van der Waals surface area contributed by atoms with Gasteiger partial charge in [0.05, 0.1) is 26.4 Å². The predicted molar refractivity (Wildman–Crippen MR) is 349 cm³/mol. The maximum atomic E-state index is 13.0. The van der Waals surface area contributed by atoms with Crippen molar-refractivity contribution in [2.24, 2.45) is 23.7 Å². The highest BCUT2D eigenvalue weighted by Crippen LogP contribution is 2.45. The normalized spacial score (nSPS) is 14.6. The Kier molecular flexibility index (Phi) is 56.6. The number of ether oxygens (including phenoxy) is 4. The van der Waals surface area contributed by atoms with Crippen LogP contribution in [0.4, 0.5) is 0 Å². The van der Waals surface area contributed by atoms with Gasteiger partial charge < -0.3 is 33.8 Å². The molecule has 0 fully saturated rings. The third-order valence-corrected chi connectivity index (χ3v) is 17.8. The minimum absolute atomic E-state index is 0.104. The van der Waals surface area contributed by atoms with Crippen LogP contribution in [0.3, 0.4) is 0 Å². The SMILES string of the molecule is CCC(C)CCCCCCCCCCC(=O)OC[C@H](COP(=O)(O)OCC(O)COP(=O)(O)OC[C@@H](COC(=O)CCCCCCCCCC(C)C)OC(=O)CCCCCCCCCCCCC(C)C)OC(=O)CCCCCCCCCCCC(C)C. The summed E-state index contributed by atoms with van der Waals surface area (Å²) in [5.74, 6) is 0.838. The molecule has 6 atom stereocenters. The molecule has 87 heavy (non-hydrogen) atoms. The Bertz CT molecular complexity index is 1730. The first-order valence-electron chi connectivity index (χ1n) is 35.2. The lowest BCUT2D eigenvalue weighted by Crippen LogP contribution is -2.30. The van der Waals surface area contributed by atoms with Gasteiger partial charge in [0.15, 0.2) is 12.2 Å². The van der Waals surface area contributed by atoms with Gasteiger partial charge in [-0.2, -0.15) is 0 Å². The van der Waals surface area contributed by atoms with Crippen LogP contribution in [-0.2, 0) is 65.4 Å². The van der Waals surface area contributed by atoms with E-state index in [2.05, 4.69) is 55.4 Å². The Morgan fingerprint density at radius 1 is 0.322 bits per heavy atom. The molecule has 516 valence electrons. The van der Waals surface area contributed by atoms with E-state index in [1.54, 1.807) is 0 Å². The van der Waals surface area contributed by atoms with Crippen LogP contribution in [0, 0.1) is 23.7 Å². The van der Waals surface area contributed by atoms with Crippen molar-refractivity contribution < 1.29 is 80.2 Å². The lowest BCUT2D eigenvalue weighted by atomic mass is 9.99. The van der Waals surface area contributed by atoms with Crippen molar-refractivity contribution in [3.05, 3.63) is 0 Å². The summed E-state index contributed by atoms with van der Waals surface area (Å²) >= 11 is 0. The molecule has 4 unspecified atom stereocenters. The summed E-state index contributed by atoms with van der Waals surface area (Å²) in [5, 5.41) is 10.6. The summed E-state index contributed by atoms with van der Waals surface area (Å²) in [6.07, 6.45) is 38.9. The number of phosphoric ester groups is 2. The van der Waals surface area contributed by atoms with Gasteiger partial charge in [0.2, 0.25) is 0 Å². The van der Waals surface area contributed by atoms with Crippen LogP contribution >= 0.6 is 15.6 Å². The number of hydrogen-bond acceptors (Lipinski definition) is 15. The van der Waals surface area contributed by atoms with E-state index in [4.69, 9.17) is 37.0 Å². The van der Waals surface area contributed by atoms with Crippen molar-refractivity contribution in [1.82, 2.24) is 0 Å². The van der Waals surface area contributed by atoms with E-state index < -0.39 is 97.5 Å². The predicted octanol–water partition coefficient (Wildman–Crippen LogP) is 18.9. The standard InChI is InChI=1S/C68H132O17P2/c1-9-61(8)47-39-31-23-17-18-24-32-40-48-65(70)78-54-63(85-68(73)51-43-35-26-16-12-14-21-29-37-45-59(4)5)56-82-86(74,75)80-52-62(69)53-81-87(76,77)83-57-64(55-79-66(71)49-41-33-27-19-22-30-38-46-60(6)7)84-67(72)50-42-34-25-15-11-10-13-20-28-36-44-58(2)3/h58-64,69H,9-57H2,1-8H3,(H,74,75)(H,76,77)/t61?,62?,63-,64-/m1/s1. The topological polar surface area (TPSA) is 237 Å². The number of aliphatic hydroxyl groups excluding tert-OH is 1. The molecule has 17 nitrogen and oxygen atoms in total. The lowest BCUT2D eigenvalue weighted by molar-refractivity contribution is -0.161. The summed E-state index contributed by atoms with van der Waals surface area (Å²) < 4.78 is 68.2. The zero-order valence-corrected chi connectivity index (χ0v) is 58.4. The minimum Gasteiger partial charge on any atom is -0.462 e. The second-order valence-electron chi connectivity index (χ2n) is 26.2. The molecule has 19 heteroatoms. The summed E-state index contributed by atoms with van der Waals surface area (Å²) in [7, 11) is -9.90. The second-order valence-corrected chi connectivity index (χ2v) is 29.1. The van der Waals surface area contributed by atoms with Gasteiger partial charge in [0, 0.05) is 25.7 Å². The maximum Gasteiger partial charge on any atom is 0.472 e. The molecular weight excluding hydrogens is 1150 g/mol. The fourth-order valence-electron chi connectivity index (χ4n) is 10.1. The van der Waals surface area contributed by atoms with E-state index in [9.17, 15) is 43.2 Å². The Balaban J connectivity index is 5.27. The first-order chi connectivity index (χ1) is 41.6. The van der Waals surface area contributed by atoms with Gasteiger partial charge in [-0.3, -0.25) is 37.3 Å². The van der Waals surface area contributed by atoms with Crippen molar-refractivity contribution in [3.63, 3.8) is 0 Å². The number of carbonyl (C=O) groups is 4. The lowest BCUT2D eigenvalue weighted by Gasteiger charge is -2.21. The fraction of sp³-hybridized carbons (Fsp3) is 0.941. The second kappa shape index (κ2) is 57.9. The molecule has 0 aromatic rings. The van der Waals surface area contributed by atoms with Crippen LogP contribution in [0.25, 0.3) is 0 Å². The number of carbonyl (C=O) groups excluding carboxylic acids is 4. The number of unbranched alkanes of at least 4 members (excludes halogenated alkanes) is 30. The molecule has 0 aromatic carbocycles. The summed E-state index contributed by atoms with van der Waals surface area (Å²) in [5.41, 5.74) is 0. The van der Waals surface area contributed by atoms with E-state index in [1.807, 2.05) is 0 Å². The third kappa shape index (κ3) is 61.3. The van der Waals surface area contributed by atoms with Crippen molar-refractivity contribution in [1.29, 1.82) is 0 Å². The molecule has 0 aliphatic rings. The number of phosphoric acid groups is 2. The Labute approximate surface area is 530 Å². The highest BCUT2D eigenvalue weighted by atomic mass is 31.2. The molecule has 0 aliphatic heterocycles. The monoisotopic (exact) mass is 1280 g/mol. The smallest absolute Gasteiger partial charge is 0.462 e. The van der Waals surface area contributed by atoms with Crippen molar-refractivity contribution in [2.45, 2.75) is 350 Å². The molecule has 0 aromatic heterocycles. The molecule has 3 N–H and O–H groups in total. The zero-order chi connectivity index (χ0) is 64.7. The van der Waals surface area contributed by atoms with Crippen LogP contribution < -0.4 is 0 Å². The van der Waals surface area contributed by atoms with Gasteiger partial charge in [-0.25, -0.2) is 9.13 Å². The van der Waals surface area contributed by atoms with Crippen LogP contribution in [0.5, 0.6) is 0 Å². The molecule has 0 radical (unpaired) electrons. The van der Waals surface area contributed by atoms with Crippen LogP contribution in [0.2, 0.25) is 0 Å². The largest absolute Gasteiger partial charge is 0.472 e. The van der Waals surface area contributed by atoms with Crippen LogP contribution in [0.15, 0.2) is 0 Å². The Hall–Kier alpha value is -1.94. The molecule has 0 aliphatic carbocycles. The zero-order valence-electron chi connectivity index (χ0n) is 56.6. The number of hydrogen-bond donors (Lipinski definition) is 3. The van der Waals surface area contributed by atoms with E-state index in [0.717, 1.165) is 114 Å². The van der Waals surface area contributed by atoms with Gasteiger partial charge in [-0.05, 0) is 49.4 Å². The number of aliphatic hydroxyl groups is 1. The quantitative estimate of drug-likeness (QED) is 0.0222. The number of rotatable bonds is 65. The van der Waals surface area contributed by atoms with Crippen LogP contribution in [0.1, 0.15) is 331 Å². The Morgan fingerprint density at radius 3 is 0.816 bits per heavy atom. The molecule has 0 bridgehead atoms. The van der Waals surface area contributed by atoms with E-state index in [-0.39, 0.29) is 25.7 Å². The first kappa shape index (κ1) is 85.1. The van der Waals surface area contributed by atoms with Crippen molar-refractivity contribution >= 4 is 39.5 Å². The van der Waals surface area contributed by atoms with Gasteiger partial charge >= 0.3 is 39.5 Å². The van der Waals surface area contributed by atoms with E-state index in [0.29, 0.717) is 31.6 Å². The van der Waals surface area contributed by atoms with E-state index >= 15 is 0 Å². The van der Waals surface area contributed by atoms with Gasteiger partial charge in [0.1, 0.15) is 19.3 Å². The third-order valence-electron chi connectivity index (χ3n) is 15.9. The van der Waals surface area contributed by atoms with Gasteiger partial charge in [-0.1, -0.05) is 280 Å². The van der Waals surface area contributed by atoms with Gasteiger partial charge in [-0.15, -0.1) is 0 Å². The average Bonchev–Trinajstić information content (AvgIpc) is 3.69. The molecule has 0 heterocycles. The van der Waals surface area contributed by atoms with Crippen molar-refractivity contribution in [3.8, 4) is 0 Å². The average molecular weight is 1280 g/mol. The van der Waals surface area contributed by atoms with Crippen LogP contribution in [-0.4, -0.2) is 96.7 Å². The minimum atomic E-state index is -4.95. The summed E-state index contributed by atoms with van der Waals surface area (Å²) in [6, 6.07) is 0. The summed E-state index contributed by atoms with van der Waals surface area (Å²) in [4.78, 5) is 72.4.